The first kappa shape index (κ1) is 27.5. The molecule has 39 heavy (non-hydrogen) atoms. The zero-order valence-electron chi connectivity index (χ0n) is 22.7. The lowest BCUT2D eigenvalue weighted by Crippen LogP contribution is -2.46. The number of methoxy groups -OCH3 is 1. The van der Waals surface area contributed by atoms with Crippen molar-refractivity contribution >= 4 is 29.2 Å². The van der Waals surface area contributed by atoms with E-state index in [2.05, 4.69) is 23.1 Å². The zero-order chi connectivity index (χ0) is 27.6. The number of aryl methyl sites for hydroxylation is 1. The van der Waals surface area contributed by atoms with Gasteiger partial charge in [-0.15, -0.1) is 0 Å². The van der Waals surface area contributed by atoms with E-state index in [9.17, 15) is 14.7 Å². The fraction of sp³-hybridized carbons (Fsp3) is 0.484. The SMILES string of the molecule is COC(=O)[C@]1(O)CC(=O)N(C)C/C=C\CCCCN2C[C@@]3(CCCc4cc(Cl)ccc43)COc3ccc1cc32. The van der Waals surface area contributed by atoms with Gasteiger partial charge >= 0.3 is 5.97 Å². The first-order valence-corrected chi connectivity index (χ1v) is 14.1. The molecule has 2 atom stereocenters. The number of carbonyl (C=O) groups excluding carboxylic acids is 2. The molecule has 1 spiro atoms. The van der Waals surface area contributed by atoms with Gasteiger partial charge in [0.05, 0.1) is 25.8 Å². The molecule has 8 heteroatoms. The molecule has 3 aliphatic rings. The Balaban J connectivity index is 1.59. The molecule has 0 saturated heterocycles. The van der Waals surface area contributed by atoms with Crippen molar-refractivity contribution in [3.05, 3.63) is 70.3 Å². The van der Waals surface area contributed by atoms with Crippen LogP contribution >= 0.6 is 11.6 Å². The van der Waals surface area contributed by atoms with Gasteiger partial charge in [-0.3, -0.25) is 4.79 Å². The summed E-state index contributed by atoms with van der Waals surface area (Å²) >= 11 is 6.36. The predicted octanol–water partition coefficient (Wildman–Crippen LogP) is 4.76. The van der Waals surface area contributed by atoms with Crippen molar-refractivity contribution in [1.29, 1.82) is 0 Å². The third-order valence-corrected chi connectivity index (χ3v) is 8.70. The molecule has 2 heterocycles. The topological polar surface area (TPSA) is 79.3 Å². The summed E-state index contributed by atoms with van der Waals surface area (Å²) in [5, 5.41) is 12.4. The van der Waals surface area contributed by atoms with Crippen LogP contribution in [0, 0.1) is 0 Å². The number of aliphatic hydroxyl groups is 1. The van der Waals surface area contributed by atoms with Crippen LogP contribution in [0.25, 0.3) is 0 Å². The molecule has 5 rings (SSSR count). The molecule has 7 nitrogen and oxygen atoms in total. The standard InChI is InChI=1S/C31H37ClN2O5/c1-33-15-6-4-3-5-7-16-34-20-30(14-8-9-22-17-24(32)11-12-25(22)30)21-39-27-13-10-23(18-26(27)34)31(37,19-28(33)35)29(36)38-2/h4,6,10-13,17-18,37H,3,5,7-9,14-16,19-21H2,1-2H3/b6-4-/t30-,31-/m0/s1. The predicted molar refractivity (Wildman–Crippen MR) is 151 cm³/mol. The van der Waals surface area contributed by atoms with Crippen LogP contribution in [0.1, 0.15) is 55.2 Å². The summed E-state index contributed by atoms with van der Waals surface area (Å²) < 4.78 is 11.5. The van der Waals surface area contributed by atoms with Gasteiger partial charge in [0.15, 0.2) is 5.60 Å². The van der Waals surface area contributed by atoms with Crippen LogP contribution in [0.5, 0.6) is 5.75 Å². The minimum absolute atomic E-state index is 0.211. The van der Waals surface area contributed by atoms with Crippen LogP contribution in [-0.4, -0.2) is 62.3 Å². The van der Waals surface area contributed by atoms with Gasteiger partial charge in [-0.25, -0.2) is 4.79 Å². The van der Waals surface area contributed by atoms with E-state index < -0.39 is 18.0 Å². The number of carbonyl (C=O) groups is 2. The van der Waals surface area contributed by atoms with Crippen LogP contribution in [0.4, 0.5) is 5.69 Å². The second kappa shape index (κ2) is 11.2. The normalized spacial score (nSPS) is 26.5. The minimum atomic E-state index is -2.12. The molecule has 208 valence electrons. The molecule has 1 amide bonds. The summed E-state index contributed by atoms with van der Waals surface area (Å²) in [5.41, 5.74) is 1.36. The van der Waals surface area contributed by atoms with E-state index in [0.717, 1.165) is 62.3 Å². The molecule has 0 radical (unpaired) electrons. The minimum Gasteiger partial charge on any atom is -0.490 e. The van der Waals surface area contributed by atoms with Gasteiger partial charge in [0.2, 0.25) is 5.91 Å². The van der Waals surface area contributed by atoms with Gasteiger partial charge in [-0.05, 0) is 79.5 Å². The summed E-state index contributed by atoms with van der Waals surface area (Å²) in [6.07, 6.45) is 9.57. The number of esters is 1. The monoisotopic (exact) mass is 552 g/mol. The summed E-state index contributed by atoms with van der Waals surface area (Å²) in [7, 11) is 2.89. The van der Waals surface area contributed by atoms with Crippen molar-refractivity contribution in [3.8, 4) is 5.75 Å². The van der Waals surface area contributed by atoms with Crippen molar-refractivity contribution < 1.29 is 24.2 Å². The molecule has 1 aliphatic carbocycles. The Kier molecular flexibility index (Phi) is 7.92. The van der Waals surface area contributed by atoms with Gasteiger partial charge < -0.3 is 24.4 Å². The molecular weight excluding hydrogens is 516 g/mol. The van der Waals surface area contributed by atoms with Crippen LogP contribution < -0.4 is 9.64 Å². The quantitative estimate of drug-likeness (QED) is 0.406. The van der Waals surface area contributed by atoms with Crippen molar-refractivity contribution in [2.75, 3.05) is 45.3 Å². The van der Waals surface area contributed by atoms with Gasteiger partial charge in [0.1, 0.15) is 5.75 Å². The molecule has 0 aromatic heterocycles. The molecule has 0 fully saturated rings. The number of amides is 1. The molecule has 0 saturated carbocycles. The highest BCUT2D eigenvalue weighted by atomic mass is 35.5. The maximum Gasteiger partial charge on any atom is 0.343 e. The summed E-state index contributed by atoms with van der Waals surface area (Å²) in [6.45, 7) is 2.48. The fourth-order valence-corrected chi connectivity index (χ4v) is 6.43. The highest BCUT2D eigenvalue weighted by Crippen LogP contribution is 2.45. The Morgan fingerprint density at radius 2 is 1.97 bits per heavy atom. The smallest absolute Gasteiger partial charge is 0.343 e. The van der Waals surface area contributed by atoms with Crippen molar-refractivity contribution in [2.24, 2.45) is 0 Å². The first-order chi connectivity index (χ1) is 18.8. The summed E-state index contributed by atoms with van der Waals surface area (Å²) in [4.78, 5) is 29.9. The second-order valence-electron chi connectivity index (χ2n) is 11.1. The van der Waals surface area contributed by atoms with Gasteiger partial charge in [0.25, 0.3) is 0 Å². The largest absolute Gasteiger partial charge is 0.490 e. The Morgan fingerprint density at radius 3 is 2.79 bits per heavy atom. The zero-order valence-corrected chi connectivity index (χ0v) is 23.5. The van der Waals surface area contributed by atoms with Crippen molar-refractivity contribution in [1.82, 2.24) is 4.90 Å². The van der Waals surface area contributed by atoms with Crippen LogP contribution in [-0.2, 0) is 31.8 Å². The van der Waals surface area contributed by atoms with Crippen LogP contribution in [0.2, 0.25) is 5.02 Å². The molecule has 2 aromatic rings. The lowest BCUT2D eigenvalue weighted by Gasteiger charge is -2.41. The third kappa shape index (κ3) is 5.39. The lowest BCUT2D eigenvalue weighted by molar-refractivity contribution is -0.167. The first-order valence-electron chi connectivity index (χ1n) is 13.8. The number of allylic oxidation sites excluding steroid dienone is 1. The number of benzene rings is 2. The number of ether oxygens (including phenoxy) is 2. The lowest BCUT2D eigenvalue weighted by atomic mass is 9.70. The van der Waals surface area contributed by atoms with E-state index in [1.807, 2.05) is 24.3 Å². The van der Waals surface area contributed by atoms with E-state index in [1.54, 1.807) is 13.1 Å². The molecule has 2 aromatic carbocycles. The van der Waals surface area contributed by atoms with E-state index in [-0.39, 0.29) is 11.3 Å². The number of fused-ring (bicyclic) bond motifs is 3. The highest BCUT2D eigenvalue weighted by molar-refractivity contribution is 6.30. The van der Waals surface area contributed by atoms with E-state index in [0.29, 0.717) is 24.5 Å². The Bertz CT molecular complexity index is 1280. The molecule has 1 N–H and O–H groups in total. The Hall–Kier alpha value is -3.03. The maximum absolute atomic E-state index is 13.1. The van der Waals surface area contributed by atoms with Crippen LogP contribution in [0.15, 0.2) is 48.6 Å². The van der Waals surface area contributed by atoms with E-state index >= 15 is 0 Å². The third-order valence-electron chi connectivity index (χ3n) is 8.47. The maximum atomic E-state index is 13.1. The Labute approximate surface area is 235 Å². The van der Waals surface area contributed by atoms with Crippen LogP contribution in [0.3, 0.4) is 0 Å². The number of anilines is 1. The van der Waals surface area contributed by atoms with E-state index in [4.69, 9.17) is 21.1 Å². The van der Waals surface area contributed by atoms with Gasteiger partial charge in [-0.2, -0.15) is 0 Å². The number of hydrogen-bond donors (Lipinski definition) is 1. The number of nitrogens with zero attached hydrogens (tertiary/aromatic N) is 2. The van der Waals surface area contributed by atoms with Crippen molar-refractivity contribution in [2.45, 2.75) is 56.0 Å². The Morgan fingerprint density at radius 1 is 1.13 bits per heavy atom. The molecular formula is C31H37ClN2O5. The average Bonchev–Trinajstić information content (AvgIpc) is 3.08. The second-order valence-corrected chi connectivity index (χ2v) is 11.5. The molecule has 2 aliphatic heterocycles. The number of halogens is 1. The number of rotatable bonds is 1. The molecule has 0 unspecified atom stereocenters. The highest BCUT2D eigenvalue weighted by Gasteiger charge is 2.45. The van der Waals surface area contributed by atoms with E-state index in [1.165, 1.54) is 23.1 Å². The molecule has 2 bridgehead atoms. The van der Waals surface area contributed by atoms with Gasteiger partial charge in [0, 0.05) is 37.1 Å². The summed E-state index contributed by atoms with van der Waals surface area (Å²) in [5.74, 6) is -0.502. The van der Waals surface area contributed by atoms with Gasteiger partial charge in [-0.1, -0.05) is 35.9 Å². The fourth-order valence-electron chi connectivity index (χ4n) is 6.24. The number of hydrogen-bond acceptors (Lipinski definition) is 6. The summed E-state index contributed by atoms with van der Waals surface area (Å²) in [6, 6.07) is 11.5. The van der Waals surface area contributed by atoms with Crippen molar-refractivity contribution in [3.63, 3.8) is 0 Å². The number of likely N-dealkylation sites (N-methyl/N-ethyl adjacent to an activating group) is 1. The average molecular weight is 553 g/mol.